The molecule has 1 saturated carbocycles. The standard InChI is InChI=1S/C11H11F2N3/c12-11(13)4-10(14,5-11)7-1-2-8-9(3-7)16-6-15-8/h1-3,6H,4-5,14H2,(H,15,16). The third-order valence-electron chi connectivity index (χ3n) is 3.14. The van der Waals surface area contributed by atoms with E-state index in [4.69, 9.17) is 5.73 Å². The van der Waals surface area contributed by atoms with Gasteiger partial charge in [0.05, 0.1) is 22.9 Å². The van der Waals surface area contributed by atoms with Gasteiger partial charge in [-0.2, -0.15) is 0 Å². The molecule has 3 N–H and O–H groups in total. The zero-order valence-corrected chi connectivity index (χ0v) is 8.50. The molecule has 0 radical (unpaired) electrons. The summed E-state index contributed by atoms with van der Waals surface area (Å²) in [5, 5.41) is 0. The van der Waals surface area contributed by atoms with Crippen molar-refractivity contribution in [2.24, 2.45) is 5.73 Å². The van der Waals surface area contributed by atoms with Crippen LogP contribution in [0.4, 0.5) is 8.78 Å². The molecule has 1 aliphatic rings. The number of nitrogens with two attached hydrogens (primary N) is 1. The van der Waals surface area contributed by atoms with Crippen LogP contribution in [0.25, 0.3) is 11.0 Å². The van der Waals surface area contributed by atoms with Crippen molar-refractivity contribution in [3.05, 3.63) is 30.1 Å². The molecule has 0 saturated heterocycles. The molecule has 1 fully saturated rings. The van der Waals surface area contributed by atoms with Gasteiger partial charge in [-0.25, -0.2) is 13.8 Å². The maximum atomic E-state index is 12.9. The number of hydrogen-bond donors (Lipinski definition) is 2. The van der Waals surface area contributed by atoms with E-state index in [0.29, 0.717) is 0 Å². The first kappa shape index (κ1) is 9.72. The number of nitrogens with one attached hydrogen (secondary N) is 1. The average Bonchev–Trinajstić information content (AvgIpc) is 2.60. The molecule has 5 heteroatoms. The van der Waals surface area contributed by atoms with Crippen molar-refractivity contribution >= 4 is 11.0 Å². The topological polar surface area (TPSA) is 54.7 Å². The van der Waals surface area contributed by atoms with Crippen molar-refractivity contribution in [2.45, 2.75) is 24.3 Å². The predicted octanol–water partition coefficient (Wildman–Crippen LogP) is 2.15. The van der Waals surface area contributed by atoms with Gasteiger partial charge < -0.3 is 10.7 Å². The molecule has 0 bridgehead atoms. The van der Waals surface area contributed by atoms with Gasteiger partial charge in [-0.3, -0.25) is 0 Å². The largest absolute Gasteiger partial charge is 0.345 e. The highest BCUT2D eigenvalue weighted by atomic mass is 19.3. The minimum absolute atomic E-state index is 0.278. The van der Waals surface area contributed by atoms with Gasteiger partial charge in [0.15, 0.2) is 0 Å². The maximum absolute atomic E-state index is 12.9. The Morgan fingerprint density at radius 1 is 1.31 bits per heavy atom. The highest BCUT2D eigenvalue weighted by molar-refractivity contribution is 5.75. The number of alkyl halides is 2. The molecule has 0 amide bonds. The fraction of sp³-hybridized carbons (Fsp3) is 0.364. The third kappa shape index (κ3) is 1.31. The van der Waals surface area contributed by atoms with Crippen LogP contribution in [-0.2, 0) is 5.54 Å². The summed E-state index contributed by atoms with van der Waals surface area (Å²) in [6, 6.07) is 5.38. The number of aromatic nitrogens is 2. The normalized spacial score (nSPS) is 21.9. The van der Waals surface area contributed by atoms with E-state index >= 15 is 0 Å². The minimum Gasteiger partial charge on any atom is -0.345 e. The maximum Gasteiger partial charge on any atom is 0.252 e. The summed E-state index contributed by atoms with van der Waals surface area (Å²) in [5.74, 6) is -2.61. The van der Waals surface area contributed by atoms with Crippen molar-refractivity contribution in [3.8, 4) is 0 Å². The van der Waals surface area contributed by atoms with Crippen LogP contribution in [0.1, 0.15) is 18.4 Å². The van der Waals surface area contributed by atoms with Crippen molar-refractivity contribution < 1.29 is 8.78 Å². The van der Waals surface area contributed by atoms with Gasteiger partial charge in [-0.1, -0.05) is 6.07 Å². The van der Waals surface area contributed by atoms with Gasteiger partial charge in [0.25, 0.3) is 5.92 Å². The molecular formula is C11H11F2N3. The second-order valence-corrected chi connectivity index (χ2v) is 4.50. The molecule has 1 aliphatic carbocycles. The molecule has 3 rings (SSSR count). The van der Waals surface area contributed by atoms with E-state index in [9.17, 15) is 8.78 Å². The van der Waals surface area contributed by atoms with E-state index in [1.54, 1.807) is 24.5 Å². The third-order valence-corrected chi connectivity index (χ3v) is 3.14. The number of fused-ring (bicyclic) bond motifs is 1. The molecule has 1 aromatic heterocycles. The lowest BCUT2D eigenvalue weighted by Crippen LogP contribution is -2.55. The Hall–Kier alpha value is -1.49. The number of benzene rings is 1. The lowest BCUT2D eigenvalue weighted by molar-refractivity contribution is -0.125. The molecule has 1 heterocycles. The van der Waals surface area contributed by atoms with Crippen LogP contribution in [0.2, 0.25) is 0 Å². The summed E-state index contributed by atoms with van der Waals surface area (Å²) in [6.45, 7) is 0. The zero-order valence-electron chi connectivity index (χ0n) is 8.50. The average molecular weight is 223 g/mol. The van der Waals surface area contributed by atoms with Crippen molar-refractivity contribution in [1.82, 2.24) is 9.97 Å². The van der Waals surface area contributed by atoms with Crippen LogP contribution in [-0.4, -0.2) is 15.9 Å². The second-order valence-electron chi connectivity index (χ2n) is 4.50. The van der Waals surface area contributed by atoms with Crippen molar-refractivity contribution in [3.63, 3.8) is 0 Å². The van der Waals surface area contributed by atoms with E-state index < -0.39 is 11.5 Å². The number of rotatable bonds is 1. The molecule has 0 atom stereocenters. The highest BCUT2D eigenvalue weighted by Crippen LogP contribution is 2.49. The Kier molecular flexibility index (Phi) is 1.70. The van der Waals surface area contributed by atoms with E-state index in [1.807, 2.05) is 0 Å². The van der Waals surface area contributed by atoms with E-state index in [1.165, 1.54) is 0 Å². The summed E-state index contributed by atoms with van der Waals surface area (Å²) >= 11 is 0. The number of nitrogens with zero attached hydrogens (tertiary/aromatic N) is 1. The van der Waals surface area contributed by atoms with E-state index in [2.05, 4.69) is 9.97 Å². The Bertz CT molecular complexity index is 539. The molecule has 1 aromatic carbocycles. The monoisotopic (exact) mass is 223 g/mol. The SMILES string of the molecule is NC1(c2ccc3nc[nH]c3c2)CC(F)(F)C1. The van der Waals surface area contributed by atoms with Gasteiger partial charge in [0.1, 0.15) is 0 Å². The Labute approximate surface area is 90.7 Å². The van der Waals surface area contributed by atoms with Crippen LogP contribution in [0.15, 0.2) is 24.5 Å². The summed E-state index contributed by atoms with van der Waals surface area (Å²) in [6.07, 6.45) is 1.02. The van der Waals surface area contributed by atoms with Crippen molar-refractivity contribution in [1.29, 1.82) is 0 Å². The highest BCUT2D eigenvalue weighted by Gasteiger charge is 2.55. The molecule has 3 nitrogen and oxygen atoms in total. The summed E-state index contributed by atoms with van der Waals surface area (Å²) < 4.78 is 25.7. The number of hydrogen-bond acceptors (Lipinski definition) is 2. The number of aromatic amines is 1. The zero-order chi connectivity index (χ0) is 11.4. The number of imidazole rings is 1. The van der Waals surface area contributed by atoms with Gasteiger partial charge in [0, 0.05) is 12.8 Å². The van der Waals surface area contributed by atoms with Crippen LogP contribution in [0, 0.1) is 0 Å². The molecule has 16 heavy (non-hydrogen) atoms. The molecule has 84 valence electrons. The Morgan fingerprint density at radius 3 is 2.75 bits per heavy atom. The summed E-state index contributed by atoms with van der Waals surface area (Å²) in [5.41, 5.74) is 7.45. The number of halogens is 2. The summed E-state index contributed by atoms with van der Waals surface area (Å²) in [7, 11) is 0. The quantitative estimate of drug-likeness (QED) is 0.778. The van der Waals surface area contributed by atoms with Gasteiger partial charge in [-0.05, 0) is 17.7 Å². The first-order valence-corrected chi connectivity index (χ1v) is 5.09. The molecule has 0 spiro atoms. The molecule has 0 unspecified atom stereocenters. The van der Waals surface area contributed by atoms with Gasteiger partial charge in [0.2, 0.25) is 0 Å². The lowest BCUT2D eigenvalue weighted by atomic mass is 9.70. The first-order valence-electron chi connectivity index (χ1n) is 5.09. The fourth-order valence-electron chi connectivity index (χ4n) is 2.32. The van der Waals surface area contributed by atoms with Crippen LogP contribution in [0.5, 0.6) is 0 Å². The Balaban J connectivity index is 2.00. The second kappa shape index (κ2) is 2.79. The van der Waals surface area contributed by atoms with Crippen LogP contribution < -0.4 is 5.73 Å². The van der Waals surface area contributed by atoms with Crippen molar-refractivity contribution in [2.75, 3.05) is 0 Å². The molecule has 0 aliphatic heterocycles. The van der Waals surface area contributed by atoms with Gasteiger partial charge in [-0.15, -0.1) is 0 Å². The van der Waals surface area contributed by atoms with Crippen LogP contribution >= 0.6 is 0 Å². The first-order chi connectivity index (χ1) is 7.49. The van der Waals surface area contributed by atoms with Gasteiger partial charge >= 0.3 is 0 Å². The molecule has 2 aromatic rings. The number of H-pyrrole nitrogens is 1. The summed E-state index contributed by atoms with van der Waals surface area (Å²) in [4.78, 5) is 7.02. The van der Waals surface area contributed by atoms with E-state index in [0.717, 1.165) is 16.6 Å². The molecular weight excluding hydrogens is 212 g/mol. The minimum atomic E-state index is -2.61. The Morgan fingerprint density at radius 2 is 2.06 bits per heavy atom. The van der Waals surface area contributed by atoms with E-state index in [-0.39, 0.29) is 12.8 Å². The predicted molar refractivity (Wildman–Crippen MR) is 56.1 cm³/mol. The van der Waals surface area contributed by atoms with Crippen LogP contribution in [0.3, 0.4) is 0 Å². The fourth-order valence-corrected chi connectivity index (χ4v) is 2.32. The smallest absolute Gasteiger partial charge is 0.252 e. The lowest BCUT2D eigenvalue weighted by Gasteiger charge is -2.44.